The van der Waals surface area contributed by atoms with Crippen molar-refractivity contribution in [2.75, 3.05) is 24.3 Å². The lowest BCUT2D eigenvalue weighted by Gasteiger charge is -2.24. The number of hydrogen-bond donors (Lipinski definition) is 2. The van der Waals surface area contributed by atoms with Crippen molar-refractivity contribution >= 4 is 11.5 Å². The molecule has 2 heterocycles. The van der Waals surface area contributed by atoms with Gasteiger partial charge in [-0.1, -0.05) is 0 Å². The minimum atomic E-state index is 0.0393. The summed E-state index contributed by atoms with van der Waals surface area (Å²) < 4.78 is 5.18. The van der Waals surface area contributed by atoms with E-state index in [2.05, 4.69) is 34.4 Å². The fraction of sp³-hybridized carbons (Fsp3) is 0.600. The number of methoxy groups -OCH3 is 1. The minimum absolute atomic E-state index is 0.0393. The van der Waals surface area contributed by atoms with Crippen LogP contribution in [0.3, 0.4) is 0 Å². The zero-order valence-electron chi connectivity index (χ0n) is 9.29. The molecule has 5 heteroatoms. The van der Waals surface area contributed by atoms with Gasteiger partial charge >= 0.3 is 0 Å². The standard InChI is InChI=1S/C10H16N4O/c1-10(2)4-5-11-7-8(14-10)12-6-13-9(7)15-3/h6,11H,4-5H2,1-3H3,(H,12,13,14). The maximum Gasteiger partial charge on any atom is 0.242 e. The molecule has 1 aromatic rings. The van der Waals surface area contributed by atoms with Gasteiger partial charge in [0.1, 0.15) is 12.0 Å². The summed E-state index contributed by atoms with van der Waals surface area (Å²) in [6.45, 7) is 5.19. The number of ether oxygens (including phenoxy) is 1. The first kappa shape index (κ1) is 10.0. The summed E-state index contributed by atoms with van der Waals surface area (Å²) in [4.78, 5) is 8.28. The smallest absolute Gasteiger partial charge is 0.242 e. The van der Waals surface area contributed by atoms with Crippen molar-refractivity contribution in [3.8, 4) is 5.88 Å². The molecule has 1 aliphatic heterocycles. The molecule has 0 fully saturated rings. The Kier molecular flexibility index (Phi) is 2.38. The molecule has 1 aliphatic rings. The van der Waals surface area contributed by atoms with E-state index in [1.165, 1.54) is 6.33 Å². The third-order valence-corrected chi connectivity index (χ3v) is 2.51. The lowest BCUT2D eigenvalue weighted by molar-refractivity contribution is 0.399. The number of aromatic nitrogens is 2. The van der Waals surface area contributed by atoms with Gasteiger partial charge in [-0.25, -0.2) is 4.98 Å². The normalized spacial score (nSPS) is 18.1. The number of rotatable bonds is 1. The van der Waals surface area contributed by atoms with Gasteiger partial charge < -0.3 is 15.4 Å². The zero-order valence-corrected chi connectivity index (χ0v) is 9.29. The quantitative estimate of drug-likeness (QED) is 0.732. The fourth-order valence-corrected chi connectivity index (χ4v) is 1.66. The molecule has 0 spiro atoms. The maximum atomic E-state index is 5.18. The molecule has 2 N–H and O–H groups in total. The average molecular weight is 208 g/mol. The van der Waals surface area contributed by atoms with Crippen LogP contribution in [0.25, 0.3) is 0 Å². The summed E-state index contributed by atoms with van der Waals surface area (Å²) in [5, 5.41) is 6.67. The molecule has 0 aromatic carbocycles. The van der Waals surface area contributed by atoms with Crippen molar-refractivity contribution in [2.45, 2.75) is 25.8 Å². The molecule has 0 bridgehead atoms. The Morgan fingerprint density at radius 1 is 1.40 bits per heavy atom. The summed E-state index contributed by atoms with van der Waals surface area (Å²) in [7, 11) is 1.61. The van der Waals surface area contributed by atoms with E-state index in [-0.39, 0.29) is 5.54 Å². The van der Waals surface area contributed by atoms with Gasteiger partial charge in [-0.3, -0.25) is 0 Å². The highest BCUT2D eigenvalue weighted by Gasteiger charge is 2.24. The van der Waals surface area contributed by atoms with E-state index < -0.39 is 0 Å². The second-order valence-corrected chi connectivity index (χ2v) is 4.29. The van der Waals surface area contributed by atoms with E-state index in [0.717, 1.165) is 24.5 Å². The van der Waals surface area contributed by atoms with Crippen LogP contribution >= 0.6 is 0 Å². The third-order valence-electron chi connectivity index (χ3n) is 2.51. The Labute approximate surface area is 89.3 Å². The monoisotopic (exact) mass is 208 g/mol. The Morgan fingerprint density at radius 3 is 2.93 bits per heavy atom. The lowest BCUT2D eigenvalue weighted by atomic mass is 10.0. The highest BCUT2D eigenvalue weighted by atomic mass is 16.5. The van der Waals surface area contributed by atoms with Gasteiger partial charge in [0.2, 0.25) is 5.88 Å². The van der Waals surface area contributed by atoms with E-state index in [0.29, 0.717) is 5.88 Å². The molecular weight excluding hydrogens is 192 g/mol. The summed E-state index contributed by atoms with van der Waals surface area (Å²) in [6, 6.07) is 0. The van der Waals surface area contributed by atoms with Crippen LogP contribution in [0.5, 0.6) is 5.88 Å². The highest BCUT2D eigenvalue weighted by Crippen LogP contribution is 2.33. The molecule has 0 atom stereocenters. The molecule has 1 aromatic heterocycles. The molecule has 5 nitrogen and oxygen atoms in total. The Hall–Kier alpha value is -1.52. The third kappa shape index (κ3) is 1.95. The predicted octanol–water partition coefficient (Wildman–Crippen LogP) is 1.49. The largest absolute Gasteiger partial charge is 0.479 e. The molecule has 0 saturated carbocycles. The van der Waals surface area contributed by atoms with Gasteiger partial charge in [0.15, 0.2) is 5.82 Å². The van der Waals surface area contributed by atoms with Gasteiger partial charge in [-0.05, 0) is 20.3 Å². The van der Waals surface area contributed by atoms with E-state index in [1.54, 1.807) is 7.11 Å². The minimum Gasteiger partial charge on any atom is -0.479 e. The van der Waals surface area contributed by atoms with Gasteiger partial charge in [0.05, 0.1) is 7.11 Å². The van der Waals surface area contributed by atoms with Crippen LogP contribution in [0.15, 0.2) is 6.33 Å². The number of nitrogens with zero attached hydrogens (tertiary/aromatic N) is 2. The van der Waals surface area contributed by atoms with Crippen LogP contribution in [-0.4, -0.2) is 29.2 Å². The molecule has 15 heavy (non-hydrogen) atoms. The van der Waals surface area contributed by atoms with Gasteiger partial charge in [-0.15, -0.1) is 0 Å². The first-order valence-electron chi connectivity index (χ1n) is 5.03. The summed E-state index contributed by atoms with van der Waals surface area (Å²) in [5.74, 6) is 1.40. The van der Waals surface area contributed by atoms with Crippen LogP contribution in [0, 0.1) is 0 Å². The van der Waals surface area contributed by atoms with Crippen LogP contribution in [0.4, 0.5) is 11.5 Å². The number of hydrogen-bond acceptors (Lipinski definition) is 5. The summed E-state index contributed by atoms with van der Waals surface area (Å²) in [5.41, 5.74) is 0.892. The number of anilines is 2. The predicted molar refractivity (Wildman–Crippen MR) is 59.4 cm³/mol. The zero-order chi connectivity index (χ0) is 10.9. The Balaban J connectivity index is 2.41. The van der Waals surface area contributed by atoms with Gasteiger partial charge in [0.25, 0.3) is 0 Å². The summed E-state index contributed by atoms with van der Waals surface area (Å²) >= 11 is 0. The fourth-order valence-electron chi connectivity index (χ4n) is 1.66. The first-order chi connectivity index (χ1) is 7.12. The Morgan fingerprint density at radius 2 is 2.20 bits per heavy atom. The maximum absolute atomic E-state index is 5.18. The van der Waals surface area contributed by atoms with Crippen molar-refractivity contribution in [1.29, 1.82) is 0 Å². The van der Waals surface area contributed by atoms with Crippen molar-refractivity contribution < 1.29 is 4.74 Å². The molecule has 0 aliphatic carbocycles. The number of nitrogens with one attached hydrogen (secondary N) is 2. The van der Waals surface area contributed by atoms with Crippen LogP contribution in [0.1, 0.15) is 20.3 Å². The van der Waals surface area contributed by atoms with Crippen LogP contribution < -0.4 is 15.4 Å². The highest BCUT2D eigenvalue weighted by molar-refractivity contribution is 5.71. The SMILES string of the molecule is COc1ncnc2c1NCCC(C)(C)N2. The van der Waals surface area contributed by atoms with Crippen LogP contribution in [-0.2, 0) is 0 Å². The lowest BCUT2D eigenvalue weighted by Crippen LogP contribution is -2.31. The molecule has 0 radical (unpaired) electrons. The Bertz CT molecular complexity index is 364. The topological polar surface area (TPSA) is 59.1 Å². The van der Waals surface area contributed by atoms with E-state index in [1.807, 2.05) is 0 Å². The first-order valence-corrected chi connectivity index (χ1v) is 5.03. The number of fused-ring (bicyclic) bond motifs is 1. The molecular formula is C10H16N4O. The van der Waals surface area contributed by atoms with E-state index in [4.69, 9.17) is 4.74 Å². The summed E-state index contributed by atoms with van der Waals surface area (Å²) in [6.07, 6.45) is 2.53. The van der Waals surface area contributed by atoms with E-state index in [9.17, 15) is 0 Å². The average Bonchev–Trinajstić information content (AvgIpc) is 2.33. The van der Waals surface area contributed by atoms with Crippen molar-refractivity contribution in [1.82, 2.24) is 9.97 Å². The van der Waals surface area contributed by atoms with E-state index >= 15 is 0 Å². The van der Waals surface area contributed by atoms with Crippen molar-refractivity contribution in [3.63, 3.8) is 0 Å². The van der Waals surface area contributed by atoms with Crippen LogP contribution in [0.2, 0.25) is 0 Å². The van der Waals surface area contributed by atoms with Gasteiger partial charge in [0, 0.05) is 12.1 Å². The molecule has 0 amide bonds. The molecule has 0 saturated heterocycles. The molecule has 82 valence electrons. The van der Waals surface area contributed by atoms with Gasteiger partial charge in [-0.2, -0.15) is 4.98 Å². The van der Waals surface area contributed by atoms with Crippen molar-refractivity contribution in [2.24, 2.45) is 0 Å². The second kappa shape index (κ2) is 3.56. The second-order valence-electron chi connectivity index (χ2n) is 4.29. The molecule has 2 rings (SSSR count). The molecule has 0 unspecified atom stereocenters. The van der Waals surface area contributed by atoms with Crippen molar-refractivity contribution in [3.05, 3.63) is 6.33 Å².